The van der Waals surface area contributed by atoms with Gasteiger partial charge in [0, 0.05) is 23.1 Å². The predicted molar refractivity (Wildman–Crippen MR) is 114 cm³/mol. The van der Waals surface area contributed by atoms with Crippen LogP contribution in [0.4, 0.5) is 15.9 Å². The monoisotopic (exact) mass is 456 g/mol. The van der Waals surface area contributed by atoms with Crippen molar-refractivity contribution in [2.45, 2.75) is 50.6 Å². The zero-order chi connectivity index (χ0) is 20.5. The number of hydrogen-bond acceptors (Lipinski definition) is 3. The molecule has 2 aliphatic rings. The standard InChI is InChI=1S/C22H22BrFN4O/c1-13-20(4-3-9-28(13)16-11-18(23)21(25-2)26-12-16)27-22(29)17-8-7-15(10-19(17)24)14-5-6-14/h7-8,10-14,20H,3-6,9H2,1H3,(H,27,29)/t13-,20-/m1/s1. The van der Waals surface area contributed by atoms with Crippen LogP contribution in [0.1, 0.15) is 54.4 Å². The molecule has 1 saturated carbocycles. The molecule has 1 aliphatic heterocycles. The summed E-state index contributed by atoms with van der Waals surface area (Å²) in [5.41, 5.74) is 1.98. The van der Waals surface area contributed by atoms with Crippen LogP contribution in [0.2, 0.25) is 0 Å². The molecule has 1 aliphatic carbocycles. The van der Waals surface area contributed by atoms with Gasteiger partial charge in [-0.05, 0) is 62.3 Å². The Bertz CT molecular complexity index is 985. The van der Waals surface area contributed by atoms with E-state index in [0.29, 0.717) is 16.2 Å². The molecular formula is C22H22BrFN4O. The average Bonchev–Trinajstić information content (AvgIpc) is 3.54. The molecule has 2 aromatic rings. The summed E-state index contributed by atoms with van der Waals surface area (Å²) in [6.07, 6.45) is 5.63. The second-order valence-corrected chi connectivity index (χ2v) is 8.63. The van der Waals surface area contributed by atoms with Crippen molar-refractivity contribution in [2.75, 3.05) is 11.4 Å². The van der Waals surface area contributed by atoms with Gasteiger partial charge < -0.3 is 15.1 Å². The SMILES string of the molecule is [C-]#[N+]c1ncc(N2CCC[C@@H](NC(=O)c3ccc(C4CC4)cc3F)[C@H]2C)cc1Br. The van der Waals surface area contributed by atoms with Crippen LogP contribution in [-0.2, 0) is 0 Å². The molecule has 150 valence electrons. The molecule has 1 amide bonds. The number of rotatable bonds is 4. The molecule has 4 rings (SSSR count). The first-order valence-corrected chi connectivity index (χ1v) is 10.7. The zero-order valence-electron chi connectivity index (χ0n) is 16.2. The van der Waals surface area contributed by atoms with E-state index < -0.39 is 5.82 Å². The van der Waals surface area contributed by atoms with Crippen LogP contribution >= 0.6 is 15.9 Å². The van der Waals surface area contributed by atoms with E-state index in [1.54, 1.807) is 12.3 Å². The highest BCUT2D eigenvalue weighted by molar-refractivity contribution is 9.10. The van der Waals surface area contributed by atoms with E-state index in [9.17, 15) is 9.18 Å². The van der Waals surface area contributed by atoms with Crippen molar-refractivity contribution >= 4 is 33.3 Å². The highest BCUT2D eigenvalue weighted by Crippen LogP contribution is 2.40. The smallest absolute Gasteiger partial charge is 0.283 e. The number of carbonyl (C=O) groups is 1. The van der Waals surface area contributed by atoms with Crippen molar-refractivity contribution in [3.05, 3.63) is 63.3 Å². The second-order valence-electron chi connectivity index (χ2n) is 7.78. The second kappa shape index (κ2) is 8.11. The number of nitrogens with zero attached hydrogens (tertiary/aromatic N) is 3. The predicted octanol–water partition coefficient (Wildman–Crippen LogP) is 5.20. The van der Waals surface area contributed by atoms with E-state index in [1.165, 1.54) is 6.07 Å². The minimum atomic E-state index is -0.449. The number of hydrogen-bond donors (Lipinski definition) is 1. The van der Waals surface area contributed by atoms with E-state index in [1.807, 2.05) is 19.1 Å². The maximum absolute atomic E-state index is 14.5. The average molecular weight is 457 g/mol. The molecule has 0 radical (unpaired) electrons. The topological polar surface area (TPSA) is 49.6 Å². The molecule has 2 fully saturated rings. The Kier molecular flexibility index (Phi) is 5.55. The Morgan fingerprint density at radius 2 is 2.14 bits per heavy atom. The third-order valence-corrected chi connectivity index (χ3v) is 6.42. The van der Waals surface area contributed by atoms with Gasteiger partial charge in [-0.2, -0.15) is 0 Å². The summed E-state index contributed by atoms with van der Waals surface area (Å²) in [6, 6.07) is 6.79. The Labute approximate surface area is 178 Å². The maximum Gasteiger partial charge on any atom is 0.283 e. The van der Waals surface area contributed by atoms with Crippen LogP contribution in [0.15, 0.2) is 34.9 Å². The number of pyridine rings is 1. The van der Waals surface area contributed by atoms with Crippen LogP contribution < -0.4 is 10.2 Å². The molecular weight excluding hydrogens is 435 g/mol. The first-order chi connectivity index (χ1) is 14.0. The highest BCUT2D eigenvalue weighted by atomic mass is 79.9. The maximum atomic E-state index is 14.5. The number of piperidine rings is 1. The number of carbonyl (C=O) groups excluding carboxylic acids is 1. The molecule has 0 spiro atoms. The van der Waals surface area contributed by atoms with Gasteiger partial charge >= 0.3 is 0 Å². The lowest BCUT2D eigenvalue weighted by Crippen LogP contribution is -2.54. The van der Waals surface area contributed by atoms with Gasteiger partial charge in [0.25, 0.3) is 11.7 Å². The fourth-order valence-electron chi connectivity index (χ4n) is 3.99. The third-order valence-electron chi connectivity index (χ3n) is 5.84. The number of benzene rings is 1. The lowest BCUT2D eigenvalue weighted by Gasteiger charge is -2.40. The van der Waals surface area contributed by atoms with E-state index >= 15 is 0 Å². The van der Waals surface area contributed by atoms with Crippen molar-refractivity contribution in [3.8, 4) is 0 Å². The molecule has 7 heteroatoms. The molecule has 1 N–H and O–H groups in total. The Hall–Kier alpha value is -2.46. The molecule has 1 aromatic carbocycles. The van der Waals surface area contributed by atoms with Gasteiger partial charge in [-0.25, -0.2) is 4.39 Å². The van der Waals surface area contributed by atoms with Crippen LogP contribution in [0.25, 0.3) is 4.85 Å². The third kappa shape index (κ3) is 4.13. The summed E-state index contributed by atoms with van der Waals surface area (Å²) < 4.78 is 15.1. The van der Waals surface area contributed by atoms with Gasteiger partial charge in [-0.15, -0.1) is 4.98 Å². The lowest BCUT2D eigenvalue weighted by molar-refractivity contribution is 0.0920. The molecule has 0 bridgehead atoms. The molecule has 2 heterocycles. The molecule has 1 aromatic heterocycles. The fraction of sp³-hybridized carbons (Fsp3) is 0.409. The zero-order valence-corrected chi connectivity index (χ0v) is 17.7. The van der Waals surface area contributed by atoms with Gasteiger partial charge in [0.1, 0.15) is 12.0 Å². The lowest BCUT2D eigenvalue weighted by atomic mass is 9.96. The Morgan fingerprint density at radius 1 is 1.34 bits per heavy atom. The van der Waals surface area contributed by atoms with Gasteiger partial charge in [0.2, 0.25) is 0 Å². The van der Waals surface area contributed by atoms with Gasteiger partial charge in [0.05, 0.1) is 11.3 Å². The number of amides is 1. The normalized spacial score (nSPS) is 21.5. The van der Waals surface area contributed by atoms with E-state index in [0.717, 1.165) is 43.5 Å². The number of nitrogens with one attached hydrogen (secondary N) is 1. The van der Waals surface area contributed by atoms with Crippen molar-refractivity contribution in [1.29, 1.82) is 0 Å². The molecule has 5 nitrogen and oxygen atoms in total. The van der Waals surface area contributed by atoms with Crippen molar-refractivity contribution in [1.82, 2.24) is 10.3 Å². The van der Waals surface area contributed by atoms with E-state index in [4.69, 9.17) is 6.57 Å². The van der Waals surface area contributed by atoms with E-state index in [-0.39, 0.29) is 23.6 Å². The van der Waals surface area contributed by atoms with Crippen molar-refractivity contribution in [3.63, 3.8) is 0 Å². The van der Waals surface area contributed by atoms with Crippen LogP contribution in [0, 0.1) is 12.4 Å². The Balaban J connectivity index is 1.48. The largest absolute Gasteiger partial charge is 0.364 e. The van der Waals surface area contributed by atoms with Crippen LogP contribution in [0.3, 0.4) is 0 Å². The number of halogens is 2. The van der Waals surface area contributed by atoms with E-state index in [2.05, 4.69) is 36.0 Å². The summed E-state index contributed by atoms with van der Waals surface area (Å²) >= 11 is 3.39. The van der Waals surface area contributed by atoms with Crippen LogP contribution in [-0.4, -0.2) is 29.5 Å². The van der Waals surface area contributed by atoms with Gasteiger partial charge in [0.15, 0.2) is 0 Å². The Morgan fingerprint density at radius 3 is 2.79 bits per heavy atom. The van der Waals surface area contributed by atoms with Crippen molar-refractivity contribution in [2.24, 2.45) is 0 Å². The fourth-order valence-corrected chi connectivity index (χ4v) is 4.42. The summed E-state index contributed by atoms with van der Waals surface area (Å²) in [7, 11) is 0. The van der Waals surface area contributed by atoms with Gasteiger partial charge in [-0.1, -0.05) is 28.6 Å². The number of aromatic nitrogens is 1. The summed E-state index contributed by atoms with van der Waals surface area (Å²) in [5.74, 6) is -0.0367. The summed E-state index contributed by atoms with van der Waals surface area (Å²) in [6.45, 7) is 10.0. The van der Waals surface area contributed by atoms with Crippen LogP contribution in [0.5, 0.6) is 0 Å². The molecule has 2 atom stereocenters. The first kappa shape index (κ1) is 19.8. The quantitative estimate of drug-likeness (QED) is 0.643. The molecule has 0 unspecified atom stereocenters. The molecule has 29 heavy (non-hydrogen) atoms. The first-order valence-electron chi connectivity index (χ1n) is 9.88. The van der Waals surface area contributed by atoms with Gasteiger partial charge in [-0.3, -0.25) is 4.79 Å². The highest BCUT2D eigenvalue weighted by Gasteiger charge is 2.31. The number of anilines is 1. The summed E-state index contributed by atoms with van der Waals surface area (Å²) in [4.78, 5) is 22.5. The minimum Gasteiger partial charge on any atom is -0.364 e. The molecule has 1 saturated heterocycles. The van der Waals surface area contributed by atoms with Crippen molar-refractivity contribution < 1.29 is 9.18 Å². The summed E-state index contributed by atoms with van der Waals surface area (Å²) in [5, 5.41) is 3.03. The minimum absolute atomic E-state index is 0.0222.